The van der Waals surface area contributed by atoms with Crippen molar-refractivity contribution in [2.45, 2.75) is 18.9 Å². The van der Waals surface area contributed by atoms with E-state index in [0.29, 0.717) is 12.8 Å². The summed E-state index contributed by atoms with van der Waals surface area (Å²) in [5.74, 6) is 2.26. The van der Waals surface area contributed by atoms with Crippen LogP contribution in [0.5, 0.6) is 5.75 Å². The molecular weight excluding hydrogens is 438 g/mol. The first-order chi connectivity index (χ1) is 17.1. The van der Waals surface area contributed by atoms with E-state index in [9.17, 15) is 4.79 Å². The van der Waals surface area contributed by atoms with E-state index < -0.39 is 6.04 Å². The van der Waals surface area contributed by atoms with Crippen molar-refractivity contribution in [2.24, 2.45) is 7.05 Å². The highest BCUT2D eigenvalue weighted by atomic mass is 16.5. The summed E-state index contributed by atoms with van der Waals surface area (Å²) in [7, 11) is 3.55. The molecule has 0 bridgehead atoms. The number of para-hydroxylation sites is 3. The lowest BCUT2D eigenvalue weighted by Crippen LogP contribution is -2.31. The van der Waals surface area contributed by atoms with Crippen LogP contribution in [-0.4, -0.2) is 32.1 Å². The summed E-state index contributed by atoms with van der Waals surface area (Å²) in [5, 5.41) is 3.18. The van der Waals surface area contributed by atoms with Crippen LogP contribution in [0.25, 0.3) is 16.7 Å². The highest BCUT2D eigenvalue weighted by Gasteiger charge is 2.22. The van der Waals surface area contributed by atoms with Gasteiger partial charge in [0.2, 0.25) is 5.91 Å². The average molecular weight is 466 g/mol. The van der Waals surface area contributed by atoms with Gasteiger partial charge >= 0.3 is 0 Å². The summed E-state index contributed by atoms with van der Waals surface area (Å²) in [6.45, 7) is 0. The Hall–Kier alpha value is -4.39. The molecule has 7 heteroatoms. The van der Waals surface area contributed by atoms with Crippen LogP contribution >= 0.6 is 0 Å². The number of aromatic nitrogens is 4. The molecule has 0 aliphatic rings. The number of benzene rings is 3. The van der Waals surface area contributed by atoms with Gasteiger partial charge in [0.25, 0.3) is 0 Å². The molecular formula is C28H27N5O2. The molecule has 1 amide bonds. The molecule has 0 spiro atoms. The zero-order chi connectivity index (χ0) is 24.2. The molecule has 0 radical (unpaired) electrons. The summed E-state index contributed by atoms with van der Waals surface area (Å²) in [6, 6.07) is 25.4. The number of nitrogens with zero attached hydrogens (tertiary/aromatic N) is 4. The van der Waals surface area contributed by atoms with E-state index in [-0.39, 0.29) is 5.91 Å². The lowest BCUT2D eigenvalue weighted by Gasteiger charge is -2.20. The third-order valence-corrected chi connectivity index (χ3v) is 6.07. The van der Waals surface area contributed by atoms with Gasteiger partial charge in [-0.05, 0) is 42.0 Å². The predicted molar refractivity (Wildman–Crippen MR) is 136 cm³/mol. The number of hydrogen-bond donors (Lipinski definition) is 1. The summed E-state index contributed by atoms with van der Waals surface area (Å²) >= 11 is 0. The van der Waals surface area contributed by atoms with Crippen molar-refractivity contribution in [3.05, 3.63) is 108 Å². The van der Waals surface area contributed by atoms with E-state index in [4.69, 9.17) is 9.72 Å². The quantitative estimate of drug-likeness (QED) is 0.363. The smallest absolute Gasteiger partial charge is 0.221 e. The van der Waals surface area contributed by atoms with Crippen LogP contribution in [0.4, 0.5) is 0 Å². The Morgan fingerprint density at radius 2 is 1.83 bits per heavy atom. The Labute approximate surface area is 204 Å². The van der Waals surface area contributed by atoms with Gasteiger partial charge in [0.05, 0.1) is 18.1 Å². The number of imidazole rings is 2. The second kappa shape index (κ2) is 9.85. The highest BCUT2D eigenvalue weighted by Crippen LogP contribution is 2.25. The summed E-state index contributed by atoms with van der Waals surface area (Å²) in [4.78, 5) is 22.5. The van der Waals surface area contributed by atoms with Crippen molar-refractivity contribution in [3.63, 3.8) is 0 Å². The average Bonchev–Trinajstić information content (AvgIpc) is 3.49. The van der Waals surface area contributed by atoms with Gasteiger partial charge in [0.1, 0.15) is 23.4 Å². The maximum absolute atomic E-state index is 13.2. The summed E-state index contributed by atoms with van der Waals surface area (Å²) < 4.78 is 9.44. The molecule has 0 saturated carbocycles. The number of nitrogens with one attached hydrogen (secondary N) is 1. The second-order valence-electron chi connectivity index (χ2n) is 8.36. The van der Waals surface area contributed by atoms with E-state index >= 15 is 0 Å². The Morgan fingerprint density at radius 3 is 2.60 bits per heavy atom. The Morgan fingerprint density at radius 1 is 1.03 bits per heavy atom. The molecule has 1 N–H and O–H groups in total. The van der Waals surface area contributed by atoms with Crippen molar-refractivity contribution in [3.8, 4) is 11.4 Å². The monoisotopic (exact) mass is 465 g/mol. The lowest BCUT2D eigenvalue weighted by atomic mass is 10.1. The molecule has 0 fully saturated rings. The first-order valence-corrected chi connectivity index (χ1v) is 11.6. The SMILES string of the molecule is COc1cccc(C(NC(=O)CCc2nc3ccccc3n2-c2ccccc2)c2nccn2C)c1. The van der Waals surface area contributed by atoms with E-state index in [0.717, 1.165) is 39.7 Å². The predicted octanol–water partition coefficient (Wildman–Crippen LogP) is 4.61. The minimum Gasteiger partial charge on any atom is -0.497 e. The molecule has 35 heavy (non-hydrogen) atoms. The van der Waals surface area contributed by atoms with E-state index in [2.05, 4.69) is 33.1 Å². The third kappa shape index (κ3) is 4.66. The van der Waals surface area contributed by atoms with Crippen molar-refractivity contribution in [1.82, 2.24) is 24.4 Å². The second-order valence-corrected chi connectivity index (χ2v) is 8.36. The number of carbonyl (C=O) groups is 1. The molecule has 176 valence electrons. The van der Waals surface area contributed by atoms with Gasteiger partial charge in [0.15, 0.2) is 0 Å². The maximum Gasteiger partial charge on any atom is 0.221 e. The normalized spacial score (nSPS) is 11.9. The summed E-state index contributed by atoms with van der Waals surface area (Å²) in [6.07, 6.45) is 4.40. The van der Waals surface area contributed by atoms with Crippen LogP contribution in [0.3, 0.4) is 0 Å². The van der Waals surface area contributed by atoms with Crippen LogP contribution in [0, 0.1) is 0 Å². The topological polar surface area (TPSA) is 74.0 Å². The Kier molecular flexibility index (Phi) is 6.30. The van der Waals surface area contributed by atoms with Gasteiger partial charge in [-0.1, -0.05) is 42.5 Å². The fourth-order valence-electron chi connectivity index (χ4n) is 4.34. The van der Waals surface area contributed by atoms with Crippen LogP contribution in [-0.2, 0) is 18.3 Å². The molecule has 0 aliphatic carbocycles. The number of hydrogen-bond acceptors (Lipinski definition) is 4. The van der Waals surface area contributed by atoms with E-state index in [1.807, 2.05) is 78.5 Å². The highest BCUT2D eigenvalue weighted by molar-refractivity contribution is 5.79. The fourth-order valence-corrected chi connectivity index (χ4v) is 4.34. The third-order valence-electron chi connectivity index (χ3n) is 6.07. The standard InChI is InChI=1S/C28H27N5O2/c1-32-18-17-29-28(32)27(20-9-8-12-22(19-20)35-2)31-26(34)16-15-25-30-23-13-6-7-14-24(23)33(25)21-10-4-3-5-11-21/h3-14,17-19,27H,15-16H2,1-2H3,(H,31,34). The number of fused-ring (bicyclic) bond motifs is 1. The van der Waals surface area contributed by atoms with Gasteiger partial charge in [0, 0.05) is 38.0 Å². The molecule has 1 unspecified atom stereocenters. The molecule has 0 saturated heterocycles. The van der Waals surface area contributed by atoms with Crippen molar-refractivity contribution >= 4 is 16.9 Å². The van der Waals surface area contributed by atoms with Crippen LogP contribution in [0.15, 0.2) is 91.3 Å². The number of carbonyl (C=O) groups excluding carboxylic acids is 1. The Balaban J connectivity index is 1.40. The largest absolute Gasteiger partial charge is 0.497 e. The minimum absolute atomic E-state index is 0.0764. The first kappa shape index (κ1) is 22.4. The maximum atomic E-state index is 13.2. The van der Waals surface area contributed by atoms with Crippen LogP contribution < -0.4 is 10.1 Å². The van der Waals surface area contributed by atoms with E-state index in [1.54, 1.807) is 13.3 Å². The van der Waals surface area contributed by atoms with E-state index in [1.165, 1.54) is 0 Å². The number of amides is 1. The zero-order valence-electron chi connectivity index (χ0n) is 19.8. The van der Waals surface area contributed by atoms with Gasteiger partial charge in [-0.15, -0.1) is 0 Å². The van der Waals surface area contributed by atoms with Gasteiger partial charge in [-0.25, -0.2) is 9.97 Å². The molecule has 7 nitrogen and oxygen atoms in total. The number of aryl methyl sites for hydroxylation is 2. The molecule has 5 aromatic rings. The first-order valence-electron chi connectivity index (χ1n) is 11.6. The van der Waals surface area contributed by atoms with Gasteiger partial charge in [-0.3, -0.25) is 9.36 Å². The van der Waals surface area contributed by atoms with Crippen molar-refractivity contribution in [2.75, 3.05) is 7.11 Å². The number of ether oxygens (including phenoxy) is 1. The zero-order valence-corrected chi connectivity index (χ0v) is 19.8. The molecule has 1 atom stereocenters. The van der Waals surface area contributed by atoms with Crippen molar-refractivity contribution < 1.29 is 9.53 Å². The van der Waals surface area contributed by atoms with Gasteiger partial charge in [-0.2, -0.15) is 0 Å². The van der Waals surface area contributed by atoms with Crippen LogP contribution in [0.2, 0.25) is 0 Å². The molecule has 3 aromatic carbocycles. The fraction of sp³-hybridized carbons (Fsp3) is 0.179. The number of rotatable bonds is 8. The summed E-state index contributed by atoms with van der Waals surface area (Å²) in [5.41, 5.74) is 3.87. The molecule has 0 aliphatic heterocycles. The molecule has 2 aromatic heterocycles. The minimum atomic E-state index is -0.398. The lowest BCUT2D eigenvalue weighted by molar-refractivity contribution is -0.121. The van der Waals surface area contributed by atoms with Crippen molar-refractivity contribution in [1.29, 1.82) is 0 Å². The van der Waals surface area contributed by atoms with Crippen LogP contribution in [0.1, 0.15) is 29.7 Å². The number of methoxy groups -OCH3 is 1. The molecule has 2 heterocycles. The van der Waals surface area contributed by atoms with Gasteiger partial charge < -0.3 is 14.6 Å². The Bertz CT molecular complexity index is 1450. The molecule has 5 rings (SSSR count).